The van der Waals surface area contributed by atoms with Gasteiger partial charge >= 0.3 is 5.97 Å². The minimum Gasteiger partial charge on any atom is -0.459 e. The molecule has 4 heteroatoms. The molecule has 4 nitrogen and oxygen atoms in total. The summed E-state index contributed by atoms with van der Waals surface area (Å²) in [6, 6.07) is 3.14. The first-order valence-corrected chi connectivity index (χ1v) is 4.70. The summed E-state index contributed by atoms with van der Waals surface area (Å²) in [6.07, 6.45) is 2.90. The van der Waals surface area contributed by atoms with E-state index in [1.54, 1.807) is 19.1 Å². The molecule has 0 saturated heterocycles. The maximum atomic E-state index is 11.5. The van der Waals surface area contributed by atoms with E-state index in [4.69, 9.17) is 4.74 Å². The third-order valence-electron chi connectivity index (χ3n) is 1.80. The number of hydrogen-bond acceptors (Lipinski definition) is 4. The molecule has 0 saturated carbocycles. The van der Waals surface area contributed by atoms with Crippen molar-refractivity contribution < 1.29 is 14.3 Å². The van der Waals surface area contributed by atoms with Gasteiger partial charge in [0.1, 0.15) is 11.9 Å². The molecule has 0 fully saturated rings. The van der Waals surface area contributed by atoms with E-state index >= 15 is 0 Å². The standard InChI is InChI=1S/C11H13NO3/c1-8(13)7-9(2)15-11(14)10-3-5-12-6-4-10/h3-6,9H,7H2,1-2H3. The molecule has 1 atom stereocenters. The number of ketones is 1. The second-order valence-electron chi connectivity index (χ2n) is 3.36. The van der Waals surface area contributed by atoms with E-state index in [9.17, 15) is 9.59 Å². The Labute approximate surface area is 88.3 Å². The molecule has 1 aromatic rings. The van der Waals surface area contributed by atoms with Crippen LogP contribution in [0.4, 0.5) is 0 Å². The van der Waals surface area contributed by atoms with Gasteiger partial charge in [0.05, 0.1) is 5.56 Å². The van der Waals surface area contributed by atoms with Crippen LogP contribution in [0, 0.1) is 0 Å². The van der Waals surface area contributed by atoms with Gasteiger partial charge in [-0.25, -0.2) is 4.79 Å². The Morgan fingerprint density at radius 3 is 2.53 bits per heavy atom. The summed E-state index contributed by atoms with van der Waals surface area (Å²) in [5.41, 5.74) is 0.445. The van der Waals surface area contributed by atoms with E-state index in [0.29, 0.717) is 5.56 Å². The highest BCUT2D eigenvalue weighted by molar-refractivity contribution is 5.89. The molecule has 1 aromatic heterocycles. The van der Waals surface area contributed by atoms with Crippen LogP contribution >= 0.6 is 0 Å². The quantitative estimate of drug-likeness (QED) is 0.704. The smallest absolute Gasteiger partial charge is 0.338 e. The van der Waals surface area contributed by atoms with Gasteiger partial charge < -0.3 is 4.74 Å². The molecule has 0 amide bonds. The lowest BCUT2D eigenvalue weighted by atomic mass is 10.2. The molecule has 1 rings (SSSR count). The number of ether oxygens (including phenoxy) is 1. The second-order valence-corrected chi connectivity index (χ2v) is 3.36. The molecule has 0 aliphatic heterocycles. The number of Topliss-reactive ketones (excluding diaryl/α,β-unsaturated/α-hetero) is 1. The summed E-state index contributed by atoms with van der Waals surface area (Å²) in [4.78, 5) is 26.0. The lowest BCUT2D eigenvalue weighted by molar-refractivity contribution is -0.118. The fourth-order valence-electron chi connectivity index (χ4n) is 1.19. The molecule has 1 unspecified atom stereocenters. The Morgan fingerprint density at radius 1 is 1.40 bits per heavy atom. The van der Waals surface area contributed by atoms with Crippen molar-refractivity contribution in [1.82, 2.24) is 4.98 Å². The number of esters is 1. The van der Waals surface area contributed by atoms with Crippen molar-refractivity contribution in [2.45, 2.75) is 26.4 Å². The summed E-state index contributed by atoms with van der Waals surface area (Å²) in [5.74, 6) is -0.420. The molecular formula is C11H13NO3. The number of hydrogen-bond donors (Lipinski definition) is 0. The van der Waals surface area contributed by atoms with E-state index < -0.39 is 5.97 Å². The van der Waals surface area contributed by atoms with Crippen LogP contribution in [0.5, 0.6) is 0 Å². The lowest BCUT2D eigenvalue weighted by Crippen LogP contribution is -2.17. The molecule has 80 valence electrons. The third-order valence-corrected chi connectivity index (χ3v) is 1.80. The molecule has 0 radical (unpaired) electrons. The first-order valence-electron chi connectivity index (χ1n) is 4.70. The summed E-state index contributed by atoms with van der Waals surface area (Å²) in [7, 11) is 0. The van der Waals surface area contributed by atoms with Crippen LogP contribution in [0.15, 0.2) is 24.5 Å². The fraction of sp³-hybridized carbons (Fsp3) is 0.364. The Kier molecular flexibility index (Phi) is 3.97. The van der Waals surface area contributed by atoms with E-state index in [1.165, 1.54) is 19.3 Å². The van der Waals surface area contributed by atoms with Gasteiger partial charge in [-0.15, -0.1) is 0 Å². The van der Waals surface area contributed by atoms with Crippen molar-refractivity contribution in [2.24, 2.45) is 0 Å². The average Bonchev–Trinajstić information content (AvgIpc) is 2.17. The summed E-state index contributed by atoms with van der Waals surface area (Å²) in [6.45, 7) is 3.16. The van der Waals surface area contributed by atoms with Crippen LogP contribution in [0.1, 0.15) is 30.6 Å². The average molecular weight is 207 g/mol. The van der Waals surface area contributed by atoms with Crippen molar-refractivity contribution in [2.75, 3.05) is 0 Å². The monoisotopic (exact) mass is 207 g/mol. The van der Waals surface area contributed by atoms with Crippen LogP contribution in [0.25, 0.3) is 0 Å². The number of pyridine rings is 1. The molecule has 0 aliphatic rings. The van der Waals surface area contributed by atoms with Gasteiger partial charge in [0.15, 0.2) is 0 Å². The van der Waals surface area contributed by atoms with E-state index in [2.05, 4.69) is 4.98 Å². The van der Waals surface area contributed by atoms with Crippen LogP contribution in [0.3, 0.4) is 0 Å². The second kappa shape index (κ2) is 5.24. The maximum absolute atomic E-state index is 11.5. The highest BCUT2D eigenvalue weighted by Gasteiger charge is 2.12. The van der Waals surface area contributed by atoms with Crippen LogP contribution < -0.4 is 0 Å². The van der Waals surface area contributed by atoms with Gasteiger partial charge in [-0.05, 0) is 26.0 Å². The van der Waals surface area contributed by atoms with E-state index in [-0.39, 0.29) is 18.3 Å². The Balaban J connectivity index is 2.53. The minimum atomic E-state index is -0.425. The highest BCUT2D eigenvalue weighted by Crippen LogP contribution is 2.05. The van der Waals surface area contributed by atoms with Gasteiger partial charge in [0.2, 0.25) is 0 Å². The van der Waals surface area contributed by atoms with E-state index in [1.807, 2.05) is 0 Å². The fourth-order valence-corrected chi connectivity index (χ4v) is 1.19. The van der Waals surface area contributed by atoms with Gasteiger partial charge in [0, 0.05) is 18.8 Å². The van der Waals surface area contributed by atoms with E-state index in [0.717, 1.165) is 0 Å². The van der Waals surface area contributed by atoms with Crippen LogP contribution in [-0.4, -0.2) is 22.8 Å². The molecule has 0 aliphatic carbocycles. The van der Waals surface area contributed by atoms with Crippen molar-refractivity contribution in [3.8, 4) is 0 Å². The normalized spacial score (nSPS) is 11.9. The zero-order valence-corrected chi connectivity index (χ0v) is 8.77. The number of carbonyl (C=O) groups excluding carboxylic acids is 2. The Bertz CT molecular complexity index is 348. The Morgan fingerprint density at radius 2 is 2.00 bits per heavy atom. The summed E-state index contributed by atoms with van der Waals surface area (Å²) in [5, 5.41) is 0. The highest BCUT2D eigenvalue weighted by atomic mass is 16.5. The minimum absolute atomic E-state index is 0.00466. The van der Waals surface area contributed by atoms with Crippen LogP contribution in [-0.2, 0) is 9.53 Å². The zero-order valence-electron chi connectivity index (χ0n) is 8.77. The molecule has 0 spiro atoms. The van der Waals surface area contributed by atoms with Crippen molar-refractivity contribution in [3.63, 3.8) is 0 Å². The molecule has 0 aromatic carbocycles. The third kappa shape index (κ3) is 3.89. The number of rotatable bonds is 4. The number of carbonyl (C=O) groups is 2. The molecular weight excluding hydrogens is 194 g/mol. The first kappa shape index (κ1) is 11.4. The predicted molar refractivity (Wildman–Crippen MR) is 54.4 cm³/mol. The SMILES string of the molecule is CC(=O)CC(C)OC(=O)c1ccncc1. The van der Waals surface area contributed by atoms with Crippen molar-refractivity contribution >= 4 is 11.8 Å². The summed E-state index contributed by atoms with van der Waals surface area (Å²) < 4.78 is 5.06. The maximum Gasteiger partial charge on any atom is 0.338 e. The molecule has 0 N–H and O–H groups in total. The topological polar surface area (TPSA) is 56.3 Å². The first-order chi connectivity index (χ1) is 7.09. The lowest BCUT2D eigenvalue weighted by Gasteiger charge is -2.11. The molecule has 15 heavy (non-hydrogen) atoms. The van der Waals surface area contributed by atoms with Gasteiger partial charge in [-0.3, -0.25) is 9.78 Å². The molecule has 0 bridgehead atoms. The van der Waals surface area contributed by atoms with Gasteiger partial charge in [-0.2, -0.15) is 0 Å². The molecule has 1 heterocycles. The Hall–Kier alpha value is -1.71. The van der Waals surface area contributed by atoms with Crippen molar-refractivity contribution in [1.29, 1.82) is 0 Å². The van der Waals surface area contributed by atoms with Crippen LogP contribution in [0.2, 0.25) is 0 Å². The zero-order chi connectivity index (χ0) is 11.3. The van der Waals surface area contributed by atoms with Crippen molar-refractivity contribution in [3.05, 3.63) is 30.1 Å². The van der Waals surface area contributed by atoms with Gasteiger partial charge in [-0.1, -0.05) is 0 Å². The number of nitrogens with zero attached hydrogens (tertiary/aromatic N) is 1. The largest absolute Gasteiger partial charge is 0.459 e. The van der Waals surface area contributed by atoms with Gasteiger partial charge in [0.25, 0.3) is 0 Å². The summed E-state index contributed by atoms with van der Waals surface area (Å²) >= 11 is 0. The number of aromatic nitrogens is 1. The predicted octanol–water partition coefficient (Wildman–Crippen LogP) is 1.61.